The Bertz CT molecular complexity index is 2240. The van der Waals surface area contributed by atoms with Crippen molar-refractivity contribution in [3.8, 4) is 0 Å². The molecule has 0 unspecified atom stereocenters. The predicted molar refractivity (Wildman–Crippen MR) is 200 cm³/mol. The van der Waals surface area contributed by atoms with Crippen molar-refractivity contribution in [2.75, 3.05) is 0 Å². The van der Waals surface area contributed by atoms with E-state index in [-0.39, 0.29) is 11.7 Å². The van der Waals surface area contributed by atoms with Gasteiger partial charge >= 0.3 is 0 Å². The van der Waals surface area contributed by atoms with Crippen molar-refractivity contribution in [3.63, 3.8) is 0 Å². The number of nitrogen functional groups attached to an aromatic ring is 1. The quantitative estimate of drug-likeness (QED) is 0.0920. The van der Waals surface area contributed by atoms with E-state index in [1.165, 1.54) is 10.3 Å². The van der Waals surface area contributed by atoms with E-state index < -0.39 is 0 Å². The summed E-state index contributed by atoms with van der Waals surface area (Å²) in [7, 11) is 0. The first-order valence-electron chi connectivity index (χ1n) is 16.4. The van der Waals surface area contributed by atoms with Gasteiger partial charge < -0.3 is 20.9 Å². The summed E-state index contributed by atoms with van der Waals surface area (Å²) in [6, 6.07) is 40.8. The number of aryl methyl sites for hydroxylation is 2. The number of nitrogens with two attached hydrogens (primary N) is 2. The molecular weight excluding hydrogens is 625 g/mol. The minimum absolute atomic E-state index is 0.0436. The van der Waals surface area contributed by atoms with Crippen LogP contribution >= 0.6 is 11.3 Å². The van der Waals surface area contributed by atoms with Crippen LogP contribution in [0.4, 0.5) is 0 Å². The molecule has 5 N–H and O–H groups in total. The maximum atomic E-state index is 14.4. The fourth-order valence-corrected chi connectivity index (χ4v) is 6.98. The van der Waals surface area contributed by atoms with Gasteiger partial charge in [-0.2, -0.15) is 0 Å². The van der Waals surface area contributed by atoms with E-state index in [1.807, 2.05) is 71.6 Å². The summed E-state index contributed by atoms with van der Waals surface area (Å²) in [6.45, 7) is 2.14. The van der Waals surface area contributed by atoms with Crippen LogP contribution in [-0.4, -0.2) is 26.2 Å². The minimum Gasteiger partial charge on any atom is -0.384 e. The molecule has 0 bridgehead atoms. The summed E-state index contributed by atoms with van der Waals surface area (Å²) in [5, 5.41) is 12.1. The summed E-state index contributed by atoms with van der Waals surface area (Å²) in [4.78, 5) is 22.6. The number of hydrogen-bond acceptors (Lipinski definition) is 5. The van der Waals surface area contributed by atoms with Crippen LogP contribution in [0.15, 0.2) is 127 Å². The van der Waals surface area contributed by atoms with Crippen molar-refractivity contribution in [2.24, 2.45) is 11.5 Å². The summed E-state index contributed by atoms with van der Waals surface area (Å²) >= 11 is 1.73. The number of nitrogens with zero attached hydrogens (tertiary/aromatic N) is 3. The molecule has 0 spiro atoms. The van der Waals surface area contributed by atoms with Crippen LogP contribution < -0.4 is 11.5 Å². The van der Waals surface area contributed by atoms with Crippen molar-refractivity contribution >= 4 is 44.9 Å². The number of imidazole rings is 1. The molecule has 0 aliphatic heterocycles. The first-order valence-corrected chi connectivity index (χ1v) is 17.3. The second-order valence-corrected chi connectivity index (χ2v) is 13.4. The zero-order valence-electron chi connectivity index (χ0n) is 27.2. The zero-order chi connectivity index (χ0) is 33.7. The number of carbonyl (C=O) groups is 1. The van der Waals surface area contributed by atoms with Gasteiger partial charge in [0.2, 0.25) is 0 Å². The first-order chi connectivity index (χ1) is 23.9. The third kappa shape index (κ3) is 7.31. The van der Waals surface area contributed by atoms with Crippen LogP contribution in [0.1, 0.15) is 48.9 Å². The summed E-state index contributed by atoms with van der Waals surface area (Å²) < 4.78 is 2.27. The van der Waals surface area contributed by atoms with Crippen LogP contribution in [0.3, 0.4) is 0 Å². The Morgan fingerprint density at radius 2 is 1.43 bits per heavy atom. The molecule has 7 aromatic rings. The van der Waals surface area contributed by atoms with Crippen molar-refractivity contribution in [2.45, 2.75) is 39.0 Å². The normalized spacial score (nSPS) is 11.3. The van der Waals surface area contributed by atoms with Crippen LogP contribution in [0, 0.1) is 5.41 Å². The van der Waals surface area contributed by atoms with E-state index in [1.54, 1.807) is 11.3 Å². The Morgan fingerprint density at radius 1 is 0.735 bits per heavy atom. The van der Waals surface area contributed by atoms with E-state index in [9.17, 15) is 4.79 Å². The van der Waals surface area contributed by atoms with Crippen LogP contribution in [0.2, 0.25) is 0 Å². The summed E-state index contributed by atoms with van der Waals surface area (Å²) in [5.74, 6) is 0.990. The number of amides is 1. The van der Waals surface area contributed by atoms with E-state index in [0.717, 1.165) is 57.3 Å². The molecule has 7 nitrogen and oxygen atoms in total. The Morgan fingerprint density at radius 3 is 2.16 bits per heavy atom. The third-order valence-electron chi connectivity index (χ3n) is 8.98. The van der Waals surface area contributed by atoms with Crippen molar-refractivity contribution in [3.05, 3.63) is 171 Å². The number of hydrogen-bond donors (Lipinski definition) is 3. The maximum Gasteiger partial charge on any atom is 0.254 e. The smallest absolute Gasteiger partial charge is 0.254 e. The topological polar surface area (TPSA) is 114 Å². The third-order valence-corrected chi connectivity index (χ3v) is 9.84. The molecule has 1 amide bonds. The first kappa shape index (κ1) is 32.0. The highest BCUT2D eigenvalue weighted by Gasteiger charge is 2.20. The molecule has 244 valence electrons. The van der Waals surface area contributed by atoms with Crippen molar-refractivity contribution in [1.29, 1.82) is 5.41 Å². The number of fused-ring (bicyclic) bond motifs is 2. The molecule has 49 heavy (non-hydrogen) atoms. The number of rotatable bonds is 12. The minimum atomic E-state index is -0.0436. The zero-order valence-corrected chi connectivity index (χ0v) is 28.0. The highest BCUT2D eigenvalue weighted by atomic mass is 32.1. The summed E-state index contributed by atoms with van der Waals surface area (Å²) in [5.41, 5.74) is 19.0. The van der Waals surface area contributed by atoms with Crippen molar-refractivity contribution in [1.82, 2.24) is 14.5 Å². The SMILES string of the molecule is N=C(N)c1ccc(CCc2nc3cc(C(=O)N(Cc4ccc(CN)cc4)Cc4ccc5ccccc5c4)ccc3n2Cc2cccs2)cc1. The lowest BCUT2D eigenvalue weighted by atomic mass is 10.1. The van der Waals surface area contributed by atoms with Gasteiger partial charge in [-0.1, -0.05) is 91.0 Å². The molecule has 7 rings (SSSR count). The molecule has 0 aliphatic carbocycles. The molecule has 0 fully saturated rings. The predicted octanol–water partition coefficient (Wildman–Crippen LogP) is 7.67. The number of thiophene rings is 1. The average Bonchev–Trinajstić information content (AvgIpc) is 3.78. The molecular formula is C41H38N6OS. The highest BCUT2D eigenvalue weighted by Crippen LogP contribution is 2.25. The summed E-state index contributed by atoms with van der Waals surface area (Å²) in [6.07, 6.45) is 1.52. The number of nitrogens with one attached hydrogen (secondary N) is 1. The molecule has 0 aliphatic rings. The van der Waals surface area contributed by atoms with E-state index in [4.69, 9.17) is 21.9 Å². The largest absolute Gasteiger partial charge is 0.384 e. The Labute approximate surface area is 290 Å². The van der Waals surface area contributed by atoms with Gasteiger partial charge in [-0.25, -0.2) is 4.98 Å². The van der Waals surface area contributed by atoms with E-state index in [2.05, 4.69) is 64.5 Å². The molecule has 2 heterocycles. The average molecular weight is 663 g/mol. The van der Waals surface area contributed by atoms with E-state index >= 15 is 0 Å². The van der Waals surface area contributed by atoms with Crippen LogP contribution in [0.25, 0.3) is 21.8 Å². The number of amidine groups is 1. The monoisotopic (exact) mass is 662 g/mol. The Kier molecular flexibility index (Phi) is 9.32. The Balaban J connectivity index is 1.20. The highest BCUT2D eigenvalue weighted by molar-refractivity contribution is 7.09. The lowest BCUT2D eigenvalue weighted by Crippen LogP contribution is -2.30. The van der Waals surface area contributed by atoms with Gasteiger partial charge in [-0.3, -0.25) is 10.2 Å². The van der Waals surface area contributed by atoms with Crippen molar-refractivity contribution < 1.29 is 4.79 Å². The van der Waals surface area contributed by atoms with Gasteiger partial charge in [0.1, 0.15) is 11.7 Å². The van der Waals surface area contributed by atoms with Crippen LogP contribution in [-0.2, 0) is 39.0 Å². The molecule has 5 aromatic carbocycles. The van der Waals surface area contributed by atoms with Crippen LogP contribution in [0.5, 0.6) is 0 Å². The maximum absolute atomic E-state index is 14.4. The fourth-order valence-electron chi connectivity index (χ4n) is 6.29. The second kappa shape index (κ2) is 14.3. The molecule has 2 aromatic heterocycles. The van der Waals surface area contributed by atoms with Gasteiger partial charge in [-0.15, -0.1) is 11.3 Å². The second-order valence-electron chi connectivity index (χ2n) is 12.4. The lowest BCUT2D eigenvalue weighted by molar-refractivity contribution is 0.0730. The van der Waals surface area contributed by atoms with Gasteiger partial charge in [0.25, 0.3) is 5.91 Å². The fraction of sp³-hybridized carbons (Fsp3) is 0.146. The van der Waals surface area contributed by atoms with Gasteiger partial charge in [-0.05, 0) is 75.2 Å². The standard InChI is InChI=1S/C41H38N6OS/c42-24-29-7-9-30(10-8-29)25-46(26-31-13-15-32-4-1-2-5-34(32)22-31)41(48)35-18-19-38-37(23-35)45-39(47(38)27-36-6-3-21-49-36)20-14-28-11-16-33(17-12-28)40(43)44/h1-13,15-19,21-23H,14,20,24-27,42H2,(H3,43,44). The van der Waals surface area contributed by atoms with Gasteiger partial charge in [0.05, 0.1) is 17.6 Å². The number of benzene rings is 5. The number of carbonyl (C=O) groups excluding carboxylic acids is 1. The molecule has 0 saturated heterocycles. The van der Waals surface area contributed by atoms with Gasteiger partial charge in [0.15, 0.2) is 0 Å². The molecule has 0 atom stereocenters. The van der Waals surface area contributed by atoms with Gasteiger partial charge in [0, 0.05) is 42.1 Å². The molecule has 8 heteroatoms. The molecule has 0 radical (unpaired) electrons. The lowest BCUT2D eigenvalue weighted by Gasteiger charge is -2.24. The van der Waals surface area contributed by atoms with E-state index in [0.29, 0.717) is 37.3 Å². The number of aromatic nitrogens is 2. The Hall–Kier alpha value is -5.57. The molecule has 0 saturated carbocycles.